The van der Waals surface area contributed by atoms with Crippen LogP contribution >= 0.6 is 0 Å². The first kappa shape index (κ1) is 16.6. The van der Waals surface area contributed by atoms with Gasteiger partial charge in [0.15, 0.2) is 0 Å². The van der Waals surface area contributed by atoms with Gasteiger partial charge in [-0.15, -0.1) is 0 Å². The molecular weight excluding hydrogens is 347 g/mol. The third kappa shape index (κ3) is 2.54. The molecule has 0 spiro atoms. The van der Waals surface area contributed by atoms with Crippen molar-refractivity contribution < 1.29 is 18.0 Å². The highest BCUT2D eigenvalue weighted by atomic mass is 19.4. The number of hydrogen-bond acceptors (Lipinski definition) is 4. The molecule has 0 aliphatic carbocycles. The highest BCUT2D eigenvalue weighted by Crippen LogP contribution is 2.46. The van der Waals surface area contributed by atoms with Gasteiger partial charge in [0, 0.05) is 17.8 Å². The Kier molecular flexibility index (Phi) is 3.74. The number of hydrogen-bond donors (Lipinski definition) is 2. The molecule has 26 heavy (non-hydrogen) atoms. The quantitative estimate of drug-likeness (QED) is 0.876. The molecule has 6 nitrogen and oxygen atoms in total. The van der Waals surface area contributed by atoms with Crippen LogP contribution in [-0.4, -0.2) is 22.0 Å². The molecule has 1 aromatic heterocycles. The number of aliphatic imine (C=N–C) groups is 1. The summed E-state index contributed by atoms with van der Waals surface area (Å²) in [7, 11) is 0. The van der Waals surface area contributed by atoms with Gasteiger partial charge >= 0.3 is 6.18 Å². The molecule has 2 aromatic rings. The normalized spacial score (nSPS) is 21.2. The number of aryl methyl sites for hydroxylation is 1. The predicted octanol–water partition coefficient (Wildman–Crippen LogP) is 3.54. The van der Waals surface area contributed by atoms with E-state index in [2.05, 4.69) is 20.7 Å². The second-order valence-electron chi connectivity index (χ2n) is 6.31. The van der Waals surface area contributed by atoms with Crippen molar-refractivity contribution in [3.8, 4) is 0 Å². The third-order valence-electron chi connectivity index (χ3n) is 4.63. The van der Waals surface area contributed by atoms with E-state index in [1.165, 1.54) is 12.4 Å². The van der Waals surface area contributed by atoms with E-state index in [-0.39, 0.29) is 5.91 Å². The summed E-state index contributed by atoms with van der Waals surface area (Å²) in [6.07, 6.45) is -0.503. The van der Waals surface area contributed by atoms with Crippen LogP contribution in [0.25, 0.3) is 0 Å². The lowest BCUT2D eigenvalue weighted by Crippen LogP contribution is -2.22. The van der Waals surface area contributed by atoms with Crippen molar-refractivity contribution in [3.05, 3.63) is 41.1 Å². The Morgan fingerprint density at radius 2 is 2.08 bits per heavy atom. The number of carbonyl (C=O) groups is 1. The molecule has 2 atom stereocenters. The number of rotatable bonds is 3. The first-order chi connectivity index (χ1) is 12.4. The van der Waals surface area contributed by atoms with Gasteiger partial charge in [-0.05, 0) is 30.2 Å². The topological polar surface area (TPSA) is 71.3 Å². The van der Waals surface area contributed by atoms with Gasteiger partial charge in [-0.1, -0.05) is 6.92 Å². The minimum atomic E-state index is -4.47. The third-order valence-corrected chi connectivity index (χ3v) is 4.63. The SMILES string of the molecule is CCCn1ncc2c1NC=NC2C1C(=O)Nc2ccc(C(F)(F)F)cc21. The van der Waals surface area contributed by atoms with E-state index in [4.69, 9.17) is 0 Å². The minimum Gasteiger partial charge on any atom is -0.331 e. The number of amides is 1. The number of alkyl halides is 3. The number of anilines is 2. The van der Waals surface area contributed by atoms with Crippen LogP contribution in [0.4, 0.5) is 24.7 Å². The summed E-state index contributed by atoms with van der Waals surface area (Å²) in [6.45, 7) is 2.70. The van der Waals surface area contributed by atoms with Gasteiger partial charge in [-0.25, -0.2) is 4.68 Å². The average molecular weight is 363 g/mol. The lowest BCUT2D eigenvalue weighted by Gasteiger charge is -2.23. The van der Waals surface area contributed by atoms with Gasteiger partial charge in [-0.3, -0.25) is 9.79 Å². The molecule has 4 rings (SSSR count). The molecule has 0 fully saturated rings. The van der Waals surface area contributed by atoms with E-state index in [9.17, 15) is 18.0 Å². The molecule has 2 unspecified atom stereocenters. The summed E-state index contributed by atoms with van der Waals surface area (Å²) in [5.41, 5.74) is 0.622. The lowest BCUT2D eigenvalue weighted by molar-refractivity contribution is -0.137. The van der Waals surface area contributed by atoms with Crippen molar-refractivity contribution in [2.45, 2.75) is 38.0 Å². The number of carbonyl (C=O) groups excluding carboxylic acids is 1. The summed E-state index contributed by atoms with van der Waals surface area (Å²) < 4.78 is 41.0. The van der Waals surface area contributed by atoms with Crippen molar-refractivity contribution >= 4 is 23.8 Å². The Morgan fingerprint density at radius 3 is 2.81 bits per heavy atom. The molecule has 9 heteroatoms. The number of halogens is 3. The van der Waals surface area contributed by atoms with Gasteiger partial charge in [0.1, 0.15) is 5.82 Å². The maximum atomic E-state index is 13.1. The molecule has 1 aromatic carbocycles. The first-order valence-electron chi connectivity index (χ1n) is 8.26. The van der Waals surface area contributed by atoms with Gasteiger partial charge < -0.3 is 10.6 Å². The zero-order valence-electron chi connectivity index (χ0n) is 13.8. The summed E-state index contributed by atoms with van der Waals surface area (Å²) in [5, 5.41) is 9.99. The van der Waals surface area contributed by atoms with Crippen LogP contribution in [0.1, 0.15) is 42.0 Å². The second-order valence-corrected chi connectivity index (χ2v) is 6.31. The second kappa shape index (κ2) is 5.86. The maximum absolute atomic E-state index is 13.1. The van der Waals surface area contributed by atoms with Crippen molar-refractivity contribution in [1.82, 2.24) is 9.78 Å². The van der Waals surface area contributed by atoms with Crippen molar-refractivity contribution in [2.75, 3.05) is 10.6 Å². The van der Waals surface area contributed by atoms with Crippen LogP contribution < -0.4 is 10.6 Å². The molecule has 0 bridgehead atoms. The van der Waals surface area contributed by atoms with Crippen LogP contribution in [0.3, 0.4) is 0 Å². The zero-order valence-corrected chi connectivity index (χ0v) is 13.8. The maximum Gasteiger partial charge on any atom is 0.416 e. The van der Waals surface area contributed by atoms with E-state index >= 15 is 0 Å². The van der Waals surface area contributed by atoms with Crippen molar-refractivity contribution in [3.63, 3.8) is 0 Å². The number of nitrogens with zero attached hydrogens (tertiary/aromatic N) is 3. The smallest absolute Gasteiger partial charge is 0.331 e. The molecule has 2 N–H and O–H groups in total. The highest BCUT2D eigenvalue weighted by Gasteiger charge is 2.42. The molecule has 0 saturated carbocycles. The molecule has 0 saturated heterocycles. The molecule has 1 amide bonds. The van der Waals surface area contributed by atoms with E-state index in [1.54, 1.807) is 10.9 Å². The van der Waals surface area contributed by atoms with Crippen LogP contribution in [0.5, 0.6) is 0 Å². The highest BCUT2D eigenvalue weighted by molar-refractivity contribution is 6.04. The number of fused-ring (bicyclic) bond motifs is 2. The van der Waals surface area contributed by atoms with E-state index in [0.29, 0.717) is 23.4 Å². The number of benzene rings is 1. The van der Waals surface area contributed by atoms with Gasteiger partial charge in [0.25, 0.3) is 0 Å². The van der Waals surface area contributed by atoms with Crippen molar-refractivity contribution in [1.29, 1.82) is 0 Å². The summed E-state index contributed by atoms with van der Waals surface area (Å²) in [4.78, 5) is 16.9. The number of nitrogens with one attached hydrogen (secondary N) is 2. The molecule has 2 aliphatic rings. The van der Waals surface area contributed by atoms with Crippen molar-refractivity contribution in [2.24, 2.45) is 4.99 Å². The molecule has 3 heterocycles. The monoisotopic (exact) mass is 363 g/mol. The zero-order chi connectivity index (χ0) is 18.5. The van der Waals surface area contributed by atoms with Gasteiger partial charge in [0.05, 0.1) is 30.1 Å². The van der Waals surface area contributed by atoms with Gasteiger partial charge in [0.2, 0.25) is 5.91 Å². The summed E-state index contributed by atoms with van der Waals surface area (Å²) >= 11 is 0. The fourth-order valence-electron chi connectivity index (χ4n) is 3.46. The largest absolute Gasteiger partial charge is 0.416 e. The van der Waals surface area contributed by atoms with E-state index in [0.717, 1.165) is 24.4 Å². The molecule has 2 aliphatic heterocycles. The average Bonchev–Trinajstić information content (AvgIpc) is 3.14. The Balaban J connectivity index is 1.77. The lowest BCUT2D eigenvalue weighted by atomic mass is 9.88. The Hall–Kier alpha value is -2.84. The fourth-order valence-corrected chi connectivity index (χ4v) is 3.46. The Bertz CT molecular complexity index is 902. The molecule has 136 valence electrons. The van der Waals surface area contributed by atoms with E-state index in [1.807, 2.05) is 6.92 Å². The Labute approximate surface area is 147 Å². The van der Waals surface area contributed by atoms with Crippen LogP contribution in [0.2, 0.25) is 0 Å². The molecule has 0 radical (unpaired) electrons. The first-order valence-corrected chi connectivity index (χ1v) is 8.26. The summed E-state index contributed by atoms with van der Waals surface area (Å²) in [6, 6.07) is 2.67. The number of aromatic nitrogens is 2. The Morgan fingerprint density at radius 1 is 1.27 bits per heavy atom. The predicted molar refractivity (Wildman–Crippen MR) is 90.2 cm³/mol. The minimum absolute atomic E-state index is 0.308. The van der Waals surface area contributed by atoms with Crippen LogP contribution in [0, 0.1) is 0 Å². The van der Waals surface area contributed by atoms with Crippen LogP contribution in [0.15, 0.2) is 29.4 Å². The fraction of sp³-hybridized carbons (Fsp3) is 0.353. The van der Waals surface area contributed by atoms with Gasteiger partial charge in [-0.2, -0.15) is 18.3 Å². The van der Waals surface area contributed by atoms with E-state index < -0.39 is 23.7 Å². The van der Waals surface area contributed by atoms with Crippen LogP contribution in [-0.2, 0) is 17.5 Å². The molecular formula is C17H16F3N5O. The summed E-state index contributed by atoms with van der Waals surface area (Å²) in [5.74, 6) is -0.471. The standard InChI is InChI=1S/C17H16F3N5O/c1-2-5-25-15-11(7-23-25)14(21-8-22-15)13-10-6-9(17(18,19)20)3-4-12(10)24-16(13)26/h3-4,6-8,13-14H,2,5H2,1H3,(H,21,22)(H,24,26).